The van der Waals surface area contributed by atoms with Crippen LogP contribution in [0.15, 0.2) is 29.3 Å². The molecule has 1 aliphatic heterocycles. The minimum atomic E-state index is -0.213. The van der Waals surface area contributed by atoms with Gasteiger partial charge in [0.15, 0.2) is 5.96 Å². The maximum atomic E-state index is 13.2. The fourth-order valence-corrected chi connectivity index (χ4v) is 3.59. The molecule has 1 heterocycles. The van der Waals surface area contributed by atoms with Crippen LogP contribution in [-0.2, 0) is 4.74 Å². The lowest BCUT2D eigenvalue weighted by molar-refractivity contribution is 0.00752. The van der Waals surface area contributed by atoms with Gasteiger partial charge < -0.3 is 20.3 Å². The summed E-state index contributed by atoms with van der Waals surface area (Å²) in [6, 6.07) is 7.25. The van der Waals surface area contributed by atoms with Crippen LogP contribution < -0.4 is 10.6 Å². The van der Waals surface area contributed by atoms with Crippen molar-refractivity contribution in [3.63, 3.8) is 0 Å². The maximum absolute atomic E-state index is 13.2. The van der Waals surface area contributed by atoms with Crippen molar-refractivity contribution in [3.8, 4) is 0 Å². The molecule has 1 saturated heterocycles. The molecule has 1 aromatic rings. The predicted molar refractivity (Wildman–Crippen MR) is 113 cm³/mol. The number of hydrogen-bond acceptors (Lipinski definition) is 4. The summed E-state index contributed by atoms with van der Waals surface area (Å²) in [6.07, 6.45) is 0. The van der Waals surface area contributed by atoms with E-state index in [0.29, 0.717) is 18.5 Å². The zero-order valence-corrected chi connectivity index (χ0v) is 17.9. The van der Waals surface area contributed by atoms with Crippen LogP contribution in [0.4, 0.5) is 4.39 Å². The summed E-state index contributed by atoms with van der Waals surface area (Å²) in [4.78, 5) is 9.00. The lowest BCUT2D eigenvalue weighted by Gasteiger charge is -2.37. The Kier molecular flexibility index (Phi) is 9.15. The summed E-state index contributed by atoms with van der Waals surface area (Å²) in [5, 5.41) is 6.90. The average molecular weight is 394 g/mol. The van der Waals surface area contributed by atoms with Crippen molar-refractivity contribution in [2.24, 2.45) is 10.9 Å². The summed E-state index contributed by atoms with van der Waals surface area (Å²) in [7, 11) is 5.84. The van der Waals surface area contributed by atoms with E-state index in [0.717, 1.165) is 44.4 Å². The van der Waals surface area contributed by atoms with Crippen molar-refractivity contribution in [2.75, 3.05) is 60.5 Å². The van der Waals surface area contributed by atoms with Gasteiger partial charge in [0, 0.05) is 39.3 Å². The Labute approximate surface area is 169 Å². The van der Waals surface area contributed by atoms with Crippen LogP contribution in [0.3, 0.4) is 0 Å². The zero-order valence-electron chi connectivity index (χ0n) is 17.9. The normalized spacial score (nSPS) is 18.4. The van der Waals surface area contributed by atoms with Crippen molar-refractivity contribution in [1.29, 1.82) is 0 Å². The van der Waals surface area contributed by atoms with E-state index in [1.54, 1.807) is 7.05 Å². The third-order valence-corrected chi connectivity index (χ3v) is 5.33. The third-order valence-electron chi connectivity index (χ3n) is 5.33. The van der Waals surface area contributed by atoms with Gasteiger partial charge in [0.1, 0.15) is 5.82 Å². The summed E-state index contributed by atoms with van der Waals surface area (Å²) >= 11 is 0. The van der Waals surface area contributed by atoms with E-state index < -0.39 is 0 Å². The molecule has 1 aliphatic rings. The molecule has 2 atom stereocenters. The molecule has 2 rings (SSSR count). The Morgan fingerprint density at radius 2 is 1.75 bits per heavy atom. The first kappa shape index (κ1) is 22.6. The zero-order chi connectivity index (χ0) is 20.5. The second kappa shape index (κ2) is 11.3. The molecule has 2 N–H and O–H groups in total. The first-order valence-corrected chi connectivity index (χ1v) is 10.1. The highest BCUT2D eigenvalue weighted by atomic mass is 19.1. The van der Waals surface area contributed by atoms with Crippen LogP contribution in [0.2, 0.25) is 0 Å². The van der Waals surface area contributed by atoms with Gasteiger partial charge in [0.2, 0.25) is 0 Å². The number of guanidine groups is 1. The molecule has 0 spiro atoms. The summed E-state index contributed by atoms with van der Waals surface area (Å²) in [5.41, 5.74) is 1.07. The number of ether oxygens (including phenoxy) is 1. The van der Waals surface area contributed by atoms with Gasteiger partial charge in [-0.05, 0) is 37.7 Å². The average Bonchev–Trinajstić information content (AvgIpc) is 2.68. The quantitative estimate of drug-likeness (QED) is 0.522. The fraction of sp³-hybridized carbons (Fsp3) is 0.667. The number of hydrogen-bond donors (Lipinski definition) is 2. The van der Waals surface area contributed by atoms with E-state index >= 15 is 0 Å². The minimum absolute atomic E-state index is 0.124. The minimum Gasteiger partial charge on any atom is -0.379 e. The molecule has 0 saturated carbocycles. The van der Waals surface area contributed by atoms with Gasteiger partial charge in [-0.2, -0.15) is 0 Å². The molecule has 6 nitrogen and oxygen atoms in total. The van der Waals surface area contributed by atoms with E-state index in [1.165, 1.54) is 12.1 Å². The van der Waals surface area contributed by atoms with Crippen molar-refractivity contribution >= 4 is 5.96 Å². The van der Waals surface area contributed by atoms with Crippen molar-refractivity contribution in [2.45, 2.75) is 25.9 Å². The van der Waals surface area contributed by atoms with E-state index in [1.807, 2.05) is 26.2 Å². The smallest absolute Gasteiger partial charge is 0.191 e. The largest absolute Gasteiger partial charge is 0.379 e. The molecule has 1 aromatic carbocycles. The van der Waals surface area contributed by atoms with Crippen molar-refractivity contribution < 1.29 is 9.13 Å². The van der Waals surface area contributed by atoms with E-state index in [9.17, 15) is 4.39 Å². The van der Waals surface area contributed by atoms with Crippen LogP contribution in [0.5, 0.6) is 0 Å². The number of benzene rings is 1. The number of morpholine rings is 1. The maximum Gasteiger partial charge on any atom is 0.191 e. The summed E-state index contributed by atoms with van der Waals surface area (Å²) in [5.74, 6) is 1.11. The van der Waals surface area contributed by atoms with Crippen molar-refractivity contribution in [1.82, 2.24) is 20.4 Å². The molecule has 0 aromatic heterocycles. The summed E-state index contributed by atoms with van der Waals surface area (Å²) < 4.78 is 18.7. The first-order valence-electron chi connectivity index (χ1n) is 10.1. The molecule has 0 amide bonds. The topological polar surface area (TPSA) is 52.1 Å². The van der Waals surface area contributed by atoms with Crippen LogP contribution in [-0.4, -0.2) is 82.3 Å². The van der Waals surface area contributed by atoms with Gasteiger partial charge >= 0.3 is 0 Å². The standard InChI is InChI=1S/C21H36FN5O/c1-16(2)19(27-10-12-28-13-11-27)14-24-21(23-3)25-15-20(26(4)5)17-6-8-18(22)9-7-17/h6-9,16,19-20H,10-15H2,1-5H3,(H2,23,24,25). The lowest BCUT2D eigenvalue weighted by Crippen LogP contribution is -2.53. The molecule has 2 unspecified atom stereocenters. The van der Waals surface area contributed by atoms with Gasteiger partial charge in [-0.3, -0.25) is 9.89 Å². The Bertz CT molecular complexity index is 599. The molecular weight excluding hydrogens is 357 g/mol. The predicted octanol–water partition coefficient (Wildman–Crippen LogP) is 1.95. The Hall–Kier alpha value is -1.70. The molecule has 0 radical (unpaired) electrons. The van der Waals surface area contributed by atoms with E-state index in [-0.39, 0.29) is 11.9 Å². The molecule has 0 bridgehead atoms. The SMILES string of the molecule is CN=C(NCC(c1ccc(F)cc1)N(C)C)NCC(C(C)C)N1CCOCC1. The van der Waals surface area contributed by atoms with Gasteiger partial charge in [0.25, 0.3) is 0 Å². The Morgan fingerprint density at radius 3 is 2.29 bits per heavy atom. The monoisotopic (exact) mass is 393 g/mol. The number of rotatable bonds is 8. The van der Waals surface area contributed by atoms with Crippen LogP contribution in [0, 0.1) is 11.7 Å². The molecule has 7 heteroatoms. The number of halogens is 1. The molecular formula is C21H36FN5O. The fourth-order valence-electron chi connectivity index (χ4n) is 3.59. The first-order chi connectivity index (χ1) is 13.4. The van der Waals surface area contributed by atoms with Gasteiger partial charge in [0.05, 0.1) is 19.3 Å². The molecule has 158 valence electrons. The second-order valence-electron chi connectivity index (χ2n) is 7.82. The van der Waals surface area contributed by atoms with E-state index in [2.05, 4.69) is 39.3 Å². The van der Waals surface area contributed by atoms with Crippen molar-refractivity contribution in [3.05, 3.63) is 35.6 Å². The molecule has 1 fully saturated rings. The Balaban J connectivity index is 1.92. The van der Waals surface area contributed by atoms with Gasteiger partial charge in [-0.25, -0.2) is 4.39 Å². The highest BCUT2D eigenvalue weighted by Gasteiger charge is 2.24. The van der Waals surface area contributed by atoms with Crippen LogP contribution in [0.1, 0.15) is 25.5 Å². The second-order valence-corrected chi connectivity index (χ2v) is 7.82. The van der Waals surface area contributed by atoms with Gasteiger partial charge in [-0.1, -0.05) is 26.0 Å². The number of likely N-dealkylation sites (N-methyl/N-ethyl adjacent to an activating group) is 1. The highest BCUT2D eigenvalue weighted by molar-refractivity contribution is 5.79. The number of nitrogens with one attached hydrogen (secondary N) is 2. The summed E-state index contributed by atoms with van der Waals surface area (Å²) in [6.45, 7) is 9.59. The molecule has 0 aliphatic carbocycles. The van der Waals surface area contributed by atoms with E-state index in [4.69, 9.17) is 4.74 Å². The third kappa shape index (κ3) is 6.72. The molecule has 28 heavy (non-hydrogen) atoms. The van der Waals surface area contributed by atoms with Gasteiger partial charge in [-0.15, -0.1) is 0 Å². The number of aliphatic imine (C=N–C) groups is 1. The number of nitrogens with zero attached hydrogens (tertiary/aromatic N) is 3. The highest BCUT2D eigenvalue weighted by Crippen LogP contribution is 2.18. The van der Waals surface area contributed by atoms with Crippen LogP contribution in [0.25, 0.3) is 0 Å². The lowest BCUT2D eigenvalue weighted by atomic mass is 10.0. The Morgan fingerprint density at radius 1 is 1.14 bits per heavy atom. The van der Waals surface area contributed by atoms with Crippen LogP contribution >= 0.6 is 0 Å².